The van der Waals surface area contributed by atoms with E-state index in [-0.39, 0.29) is 24.4 Å². The van der Waals surface area contributed by atoms with Crippen molar-refractivity contribution in [2.24, 2.45) is 0 Å². The minimum absolute atomic E-state index is 0. The van der Waals surface area contributed by atoms with Gasteiger partial charge in [-0.2, -0.15) is 0 Å². The highest BCUT2D eigenvalue weighted by molar-refractivity contribution is 5.85. The fourth-order valence-electron chi connectivity index (χ4n) is 2.43. The summed E-state index contributed by atoms with van der Waals surface area (Å²) < 4.78 is 5.29. The highest BCUT2D eigenvalue weighted by Crippen LogP contribution is 2.15. The van der Waals surface area contributed by atoms with Gasteiger partial charge in [0.25, 0.3) is 0 Å². The van der Waals surface area contributed by atoms with Gasteiger partial charge in [0.15, 0.2) is 0 Å². The molecule has 0 aromatic heterocycles. The maximum atomic E-state index is 11.9. The first kappa shape index (κ1) is 18.9. The standard InChI is InChI=1S/C17H26N2O2.ClH/c1-13(2)15-7-5-14(6-8-15)4-3-9-19-17(20)16-12-21-11-10-18-16;/h5-8,13,16,18H,3-4,9-12H2,1-2H3,(H,19,20);1H. The van der Waals surface area contributed by atoms with Crippen LogP contribution in [0.15, 0.2) is 24.3 Å². The number of amides is 1. The number of rotatable bonds is 6. The van der Waals surface area contributed by atoms with Gasteiger partial charge in [0, 0.05) is 13.1 Å². The van der Waals surface area contributed by atoms with Gasteiger partial charge >= 0.3 is 0 Å². The van der Waals surface area contributed by atoms with Crippen molar-refractivity contribution in [2.75, 3.05) is 26.3 Å². The molecule has 1 atom stereocenters. The average Bonchev–Trinajstić information content (AvgIpc) is 2.52. The number of benzene rings is 1. The first-order chi connectivity index (χ1) is 10.2. The van der Waals surface area contributed by atoms with Crippen LogP contribution in [0.25, 0.3) is 0 Å². The lowest BCUT2D eigenvalue weighted by molar-refractivity contribution is -0.125. The van der Waals surface area contributed by atoms with Crippen LogP contribution < -0.4 is 10.6 Å². The normalized spacial score (nSPS) is 17.9. The summed E-state index contributed by atoms with van der Waals surface area (Å²) in [4.78, 5) is 11.9. The maximum absolute atomic E-state index is 11.9. The molecule has 1 fully saturated rings. The van der Waals surface area contributed by atoms with Crippen molar-refractivity contribution in [3.63, 3.8) is 0 Å². The van der Waals surface area contributed by atoms with Crippen molar-refractivity contribution in [2.45, 2.75) is 38.6 Å². The Morgan fingerprint density at radius 1 is 1.36 bits per heavy atom. The molecular weight excluding hydrogens is 300 g/mol. The van der Waals surface area contributed by atoms with E-state index >= 15 is 0 Å². The molecule has 1 amide bonds. The first-order valence-corrected chi connectivity index (χ1v) is 7.84. The predicted molar refractivity (Wildman–Crippen MR) is 91.7 cm³/mol. The molecule has 1 aliphatic rings. The summed E-state index contributed by atoms with van der Waals surface area (Å²) in [5.74, 6) is 0.619. The lowest BCUT2D eigenvalue weighted by Crippen LogP contribution is -2.51. The second-order valence-corrected chi connectivity index (χ2v) is 5.87. The highest BCUT2D eigenvalue weighted by Gasteiger charge is 2.20. The van der Waals surface area contributed by atoms with Crippen LogP contribution in [0.5, 0.6) is 0 Å². The van der Waals surface area contributed by atoms with Gasteiger partial charge in [-0.3, -0.25) is 4.79 Å². The molecule has 22 heavy (non-hydrogen) atoms. The zero-order chi connectivity index (χ0) is 15.1. The largest absolute Gasteiger partial charge is 0.378 e. The van der Waals surface area contributed by atoms with Gasteiger partial charge in [0.05, 0.1) is 13.2 Å². The number of nitrogens with one attached hydrogen (secondary N) is 2. The Kier molecular flexibility index (Phi) is 8.46. The number of morpholine rings is 1. The van der Waals surface area contributed by atoms with Crippen molar-refractivity contribution in [1.29, 1.82) is 0 Å². The van der Waals surface area contributed by atoms with Crippen LogP contribution >= 0.6 is 12.4 Å². The number of hydrogen-bond donors (Lipinski definition) is 2. The topological polar surface area (TPSA) is 50.4 Å². The molecule has 124 valence electrons. The number of ether oxygens (including phenoxy) is 1. The predicted octanol–water partition coefficient (Wildman–Crippen LogP) is 2.27. The van der Waals surface area contributed by atoms with Crippen LogP contribution in [0.1, 0.15) is 37.3 Å². The minimum atomic E-state index is -0.191. The molecule has 1 heterocycles. The smallest absolute Gasteiger partial charge is 0.239 e. The molecule has 1 saturated heterocycles. The molecule has 2 N–H and O–H groups in total. The van der Waals surface area contributed by atoms with Crippen LogP contribution in [-0.4, -0.2) is 38.3 Å². The quantitative estimate of drug-likeness (QED) is 0.788. The Hall–Kier alpha value is -1.10. The van der Waals surface area contributed by atoms with E-state index in [1.807, 2.05) is 0 Å². The van der Waals surface area contributed by atoms with E-state index in [1.165, 1.54) is 11.1 Å². The van der Waals surface area contributed by atoms with Gasteiger partial charge in [-0.25, -0.2) is 0 Å². The summed E-state index contributed by atoms with van der Waals surface area (Å²) in [5, 5.41) is 6.13. The van der Waals surface area contributed by atoms with Crippen LogP contribution in [0, 0.1) is 0 Å². The highest BCUT2D eigenvalue weighted by atomic mass is 35.5. The molecule has 1 aromatic rings. The Bertz CT molecular complexity index is 442. The van der Waals surface area contributed by atoms with Gasteiger partial charge in [-0.15, -0.1) is 12.4 Å². The lowest BCUT2D eigenvalue weighted by atomic mass is 10.0. The van der Waals surface area contributed by atoms with Crippen molar-refractivity contribution < 1.29 is 9.53 Å². The number of hydrogen-bond acceptors (Lipinski definition) is 3. The van der Waals surface area contributed by atoms with E-state index in [0.717, 1.165) is 19.4 Å². The molecule has 0 bridgehead atoms. The summed E-state index contributed by atoms with van der Waals surface area (Å²) in [5.41, 5.74) is 2.70. The molecule has 0 aliphatic carbocycles. The number of carbonyl (C=O) groups is 1. The lowest BCUT2D eigenvalue weighted by Gasteiger charge is -2.22. The number of carbonyl (C=O) groups excluding carboxylic acids is 1. The van der Waals surface area contributed by atoms with E-state index in [4.69, 9.17) is 4.74 Å². The Morgan fingerprint density at radius 3 is 2.68 bits per heavy atom. The van der Waals surface area contributed by atoms with Crippen molar-refractivity contribution in [3.8, 4) is 0 Å². The Balaban J connectivity index is 0.00000242. The molecule has 0 spiro atoms. The van der Waals surface area contributed by atoms with Crippen LogP contribution in [0.4, 0.5) is 0 Å². The van der Waals surface area contributed by atoms with Gasteiger partial charge in [-0.05, 0) is 29.9 Å². The van der Waals surface area contributed by atoms with Crippen LogP contribution in [0.3, 0.4) is 0 Å². The molecule has 0 saturated carbocycles. The number of aryl methyl sites for hydroxylation is 1. The second kappa shape index (κ2) is 9.82. The Labute approximate surface area is 139 Å². The summed E-state index contributed by atoms with van der Waals surface area (Å²) in [6.45, 7) is 7.03. The summed E-state index contributed by atoms with van der Waals surface area (Å²) in [7, 11) is 0. The summed E-state index contributed by atoms with van der Waals surface area (Å²) >= 11 is 0. The Morgan fingerprint density at radius 2 is 2.09 bits per heavy atom. The molecule has 0 radical (unpaired) electrons. The second-order valence-electron chi connectivity index (χ2n) is 5.87. The van der Waals surface area contributed by atoms with Gasteiger partial charge < -0.3 is 15.4 Å². The monoisotopic (exact) mass is 326 g/mol. The van der Waals surface area contributed by atoms with Crippen molar-refractivity contribution in [3.05, 3.63) is 35.4 Å². The first-order valence-electron chi connectivity index (χ1n) is 7.84. The maximum Gasteiger partial charge on any atom is 0.239 e. The third kappa shape index (κ3) is 5.95. The third-order valence-electron chi connectivity index (χ3n) is 3.83. The molecule has 5 heteroatoms. The summed E-state index contributed by atoms with van der Waals surface area (Å²) in [6.07, 6.45) is 1.95. The molecule has 1 aliphatic heterocycles. The zero-order valence-corrected chi connectivity index (χ0v) is 14.2. The van der Waals surface area contributed by atoms with E-state index < -0.39 is 0 Å². The van der Waals surface area contributed by atoms with Crippen LogP contribution in [0.2, 0.25) is 0 Å². The van der Waals surface area contributed by atoms with Gasteiger partial charge in [0.2, 0.25) is 5.91 Å². The third-order valence-corrected chi connectivity index (χ3v) is 3.83. The fraction of sp³-hybridized carbons (Fsp3) is 0.588. The SMILES string of the molecule is CC(C)c1ccc(CCCNC(=O)C2COCCN2)cc1.Cl. The average molecular weight is 327 g/mol. The zero-order valence-electron chi connectivity index (χ0n) is 13.4. The molecule has 2 rings (SSSR count). The molecule has 4 nitrogen and oxygen atoms in total. The van der Waals surface area contributed by atoms with E-state index in [0.29, 0.717) is 25.7 Å². The number of halogens is 1. The van der Waals surface area contributed by atoms with E-state index in [1.54, 1.807) is 0 Å². The molecule has 1 aromatic carbocycles. The van der Waals surface area contributed by atoms with E-state index in [9.17, 15) is 4.79 Å². The summed E-state index contributed by atoms with van der Waals surface area (Å²) in [6, 6.07) is 8.58. The van der Waals surface area contributed by atoms with Crippen LogP contribution in [-0.2, 0) is 16.0 Å². The fourth-order valence-corrected chi connectivity index (χ4v) is 2.43. The van der Waals surface area contributed by atoms with Gasteiger partial charge in [0.1, 0.15) is 6.04 Å². The molecule has 1 unspecified atom stereocenters. The van der Waals surface area contributed by atoms with Gasteiger partial charge in [-0.1, -0.05) is 38.1 Å². The van der Waals surface area contributed by atoms with Crippen molar-refractivity contribution in [1.82, 2.24) is 10.6 Å². The van der Waals surface area contributed by atoms with E-state index in [2.05, 4.69) is 48.7 Å². The van der Waals surface area contributed by atoms with Crippen molar-refractivity contribution >= 4 is 18.3 Å². The molecular formula is C17H27ClN2O2. The minimum Gasteiger partial charge on any atom is -0.378 e.